The van der Waals surface area contributed by atoms with Crippen molar-refractivity contribution in [1.29, 1.82) is 0 Å². The molecule has 2 aromatic rings. The second-order valence-corrected chi connectivity index (χ2v) is 7.13. The van der Waals surface area contributed by atoms with Crippen molar-refractivity contribution in [1.82, 2.24) is 4.72 Å². The van der Waals surface area contributed by atoms with Gasteiger partial charge in [-0.1, -0.05) is 0 Å². The van der Waals surface area contributed by atoms with E-state index in [4.69, 9.17) is 9.47 Å². The summed E-state index contributed by atoms with van der Waals surface area (Å²) in [5, 5.41) is 0. The summed E-state index contributed by atoms with van der Waals surface area (Å²) in [4.78, 5) is 0.0256. The fourth-order valence-electron chi connectivity index (χ4n) is 2.04. The topological polar surface area (TPSA) is 64.6 Å². The molecule has 0 aliphatic heterocycles. The van der Waals surface area contributed by atoms with E-state index in [0.29, 0.717) is 11.5 Å². The number of benzene rings is 2. The number of sulfonamides is 1. The van der Waals surface area contributed by atoms with Crippen molar-refractivity contribution < 1.29 is 22.3 Å². The normalized spacial score (nSPS) is 12.7. The van der Waals surface area contributed by atoms with Gasteiger partial charge in [0.25, 0.3) is 0 Å². The number of hydrogen-bond acceptors (Lipinski definition) is 4. The summed E-state index contributed by atoms with van der Waals surface area (Å²) < 4.78 is 51.0. The molecule has 0 aliphatic rings. The number of rotatable bonds is 7. The molecule has 0 fully saturated rings. The smallest absolute Gasteiger partial charge is 0.240 e. The molecule has 130 valence electrons. The lowest BCUT2D eigenvalue weighted by Crippen LogP contribution is -2.36. The highest BCUT2D eigenvalue weighted by atomic mass is 32.2. The molecule has 5 nitrogen and oxygen atoms in total. The monoisotopic (exact) mass is 353 g/mol. The molecular weight excluding hydrogens is 333 g/mol. The van der Waals surface area contributed by atoms with Gasteiger partial charge in [0, 0.05) is 0 Å². The predicted molar refractivity (Wildman–Crippen MR) is 89.4 cm³/mol. The molecule has 0 aromatic heterocycles. The van der Waals surface area contributed by atoms with Crippen LogP contribution < -0.4 is 14.2 Å². The zero-order valence-electron chi connectivity index (χ0n) is 13.7. The third kappa shape index (κ3) is 4.69. The molecule has 0 saturated heterocycles. The van der Waals surface area contributed by atoms with Crippen LogP contribution in [0.4, 0.5) is 4.39 Å². The highest BCUT2D eigenvalue weighted by Gasteiger charge is 2.18. The van der Waals surface area contributed by atoms with Crippen LogP contribution in [0.1, 0.15) is 12.5 Å². The highest BCUT2D eigenvalue weighted by molar-refractivity contribution is 7.89. The SMILES string of the molecule is COc1ccc(OC[C@H](C)NS(=O)(=O)c2ccc(F)c(C)c2)cc1. The van der Waals surface area contributed by atoms with Gasteiger partial charge in [-0.25, -0.2) is 17.5 Å². The first-order valence-corrected chi connectivity index (χ1v) is 8.85. The zero-order chi connectivity index (χ0) is 17.7. The lowest BCUT2D eigenvalue weighted by molar-refractivity contribution is 0.287. The van der Waals surface area contributed by atoms with Gasteiger partial charge in [-0.3, -0.25) is 0 Å². The third-order valence-corrected chi connectivity index (χ3v) is 4.94. The van der Waals surface area contributed by atoms with E-state index in [1.54, 1.807) is 38.3 Å². The van der Waals surface area contributed by atoms with Gasteiger partial charge in [0.1, 0.15) is 23.9 Å². The molecule has 0 spiro atoms. The molecule has 0 amide bonds. The summed E-state index contributed by atoms with van der Waals surface area (Å²) in [5.74, 6) is 0.882. The Hall–Kier alpha value is -2.12. The highest BCUT2D eigenvalue weighted by Crippen LogP contribution is 2.18. The van der Waals surface area contributed by atoms with Gasteiger partial charge >= 0.3 is 0 Å². The molecule has 0 heterocycles. The van der Waals surface area contributed by atoms with Gasteiger partial charge < -0.3 is 9.47 Å². The number of aryl methyl sites for hydroxylation is 1. The Morgan fingerprint density at radius 2 is 1.75 bits per heavy atom. The molecule has 2 aromatic carbocycles. The quantitative estimate of drug-likeness (QED) is 0.831. The molecule has 1 N–H and O–H groups in total. The van der Waals surface area contributed by atoms with Crippen molar-refractivity contribution in [3.05, 3.63) is 53.8 Å². The number of ether oxygens (including phenoxy) is 2. The van der Waals surface area contributed by atoms with Crippen molar-refractivity contribution in [3.8, 4) is 11.5 Å². The molecule has 1 atom stereocenters. The second-order valence-electron chi connectivity index (χ2n) is 5.42. The van der Waals surface area contributed by atoms with Gasteiger partial charge in [0.15, 0.2) is 0 Å². The van der Waals surface area contributed by atoms with E-state index >= 15 is 0 Å². The largest absolute Gasteiger partial charge is 0.497 e. The second kappa shape index (κ2) is 7.63. The fraction of sp³-hybridized carbons (Fsp3) is 0.294. The van der Waals surface area contributed by atoms with E-state index < -0.39 is 21.9 Å². The van der Waals surface area contributed by atoms with Crippen LogP contribution in [-0.4, -0.2) is 28.2 Å². The van der Waals surface area contributed by atoms with E-state index in [1.165, 1.54) is 19.1 Å². The predicted octanol–water partition coefficient (Wildman–Crippen LogP) is 2.89. The standard InChI is InChI=1S/C17H20FNO4S/c1-12-10-16(8-9-17(12)18)24(20,21)19-13(2)11-23-15-6-4-14(22-3)5-7-15/h4-10,13,19H,11H2,1-3H3/t13-/m0/s1. The van der Waals surface area contributed by atoms with Crippen molar-refractivity contribution >= 4 is 10.0 Å². The first-order chi connectivity index (χ1) is 11.3. The Kier molecular flexibility index (Phi) is 5.80. The zero-order valence-corrected chi connectivity index (χ0v) is 14.6. The Morgan fingerprint density at radius 1 is 1.12 bits per heavy atom. The summed E-state index contributed by atoms with van der Waals surface area (Å²) >= 11 is 0. The Bertz CT molecular complexity index is 791. The molecule has 0 saturated carbocycles. The van der Waals surface area contributed by atoms with Crippen LogP contribution in [0.25, 0.3) is 0 Å². The summed E-state index contributed by atoms with van der Waals surface area (Å²) in [6.07, 6.45) is 0. The molecule has 24 heavy (non-hydrogen) atoms. The molecule has 0 unspecified atom stereocenters. The maximum atomic E-state index is 13.3. The van der Waals surface area contributed by atoms with Gasteiger partial charge in [-0.15, -0.1) is 0 Å². The van der Waals surface area contributed by atoms with Crippen LogP contribution in [0.3, 0.4) is 0 Å². The van der Waals surface area contributed by atoms with Crippen LogP contribution in [0.5, 0.6) is 11.5 Å². The molecular formula is C17H20FNO4S. The Morgan fingerprint density at radius 3 is 2.33 bits per heavy atom. The van der Waals surface area contributed by atoms with Crippen LogP contribution in [0.15, 0.2) is 47.4 Å². The Labute approximate surface area is 141 Å². The minimum Gasteiger partial charge on any atom is -0.497 e. The van der Waals surface area contributed by atoms with Crippen molar-refractivity contribution in [2.75, 3.05) is 13.7 Å². The molecule has 0 radical (unpaired) electrons. The number of hydrogen-bond donors (Lipinski definition) is 1. The van der Waals surface area contributed by atoms with E-state index in [1.807, 2.05) is 0 Å². The maximum Gasteiger partial charge on any atom is 0.240 e. The van der Waals surface area contributed by atoms with Crippen LogP contribution in [-0.2, 0) is 10.0 Å². The van der Waals surface area contributed by atoms with Gasteiger partial charge in [-0.05, 0) is 61.9 Å². The number of halogens is 1. The van der Waals surface area contributed by atoms with E-state index in [-0.39, 0.29) is 17.1 Å². The van der Waals surface area contributed by atoms with E-state index in [0.717, 1.165) is 6.07 Å². The van der Waals surface area contributed by atoms with Gasteiger partial charge in [-0.2, -0.15) is 0 Å². The van der Waals surface area contributed by atoms with Crippen molar-refractivity contribution in [3.63, 3.8) is 0 Å². The first kappa shape index (κ1) is 18.2. The van der Waals surface area contributed by atoms with Crippen LogP contribution in [0.2, 0.25) is 0 Å². The number of methoxy groups -OCH3 is 1. The van der Waals surface area contributed by atoms with Gasteiger partial charge in [0.2, 0.25) is 10.0 Å². The lowest BCUT2D eigenvalue weighted by atomic mass is 10.2. The minimum absolute atomic E-state index is 0.0256. The van der Waals surface area contributed by atoms with E-state index in [9.17, 15) is 12.8 Å². The average Bonchev–Trinajstić information content (AvgIpc) is 2.55. The van der Waals surface area contributed by atoms with Crippen LogP contribution >= 0.6 is 0 Å². The van der Waals surface area contributed by atoms with Gasteiger partial charge in [0.05, 0.1) is 18.0 Å². The average molecular weight is 353 g/mol. The lowest BCUT2D eigenvalue weighted by Gasteiger charge is -2.16. The summed E-state index contributed by atoms with van der Waals surface area (Å²) in [5.41, 5.74) is 0.278. The summed E-state index contributed by atoms with van der Waals surface area (Å²) in [6.45, 7) is 3.37. The minimum atomic E-state index is -3.73. The number of nitrogens with one attached hydrogen (secondary N) is 1. The summed E-state index contributed by atoms with van der Waals surface area (Å²) in [7, 11) is -2.16. The third-order valence-electron chi connectivity index (χ3n) is 3.36. The van der Waals surface area contributed by atoms with Crippen LogP contribution in [0, 0.1) is 12.7 Å². The molecule has 2 rings (SSSR count). The Balaban J connectivity index is 1.97. The van der Waals surface area contributed by atoms with Crippen molar-refractivity contribution in [2.24, 2.45) is 0 Å². The van der Waals surface area contributed by atoms with Crippen molar-refractivity contribution in [2.45, 2.75) is 24.8 Å². The van der Waals surface area contributed by atoms with E-state index in [2.05, 4.69) is 4.72 Å². The molecule has 0 bridgehead atoms. The molecule has 7 heteroatoms. The first-order valence-electron chi connectivity index (χ1n) is 7.37. The maximum absolute atomic E-state index is 13.3. The summed E-state index contributed by atoms with van der Waals surface area (Å²) in [6, 6.07) is 10.2. The fourth-order valence-corrected chi connectivity index (χ4v) is 3.36. The molecule has 0 aliphatic carbocycles.